The van der Waals surface area contributed by atoms with Gasteiger partial charge in [-0.25, -0.2) is 0 Å². The van der Waals surface area contributed by atoms with Crippen LogP contribution in [0.5, 0.6) is 5.75 Å². The van der Waals surface area contributed by atoms with E-state index >= 15 is 0 Å². The lowest BCUT2D eigenvalue weighted by Crippen LogP contribution is -2.07. The minimum atomic E-state index is -4.43. The van der Waals surface area contributed by atoms with Gasteiger partial charge >= 0.3 is 6.18 Å². The molecule has 0 aliphatic rings. The average Bonchev–Trinajstić information content (AvgIpc) is 2.28. The zero-order valence-electron chi connectivity index (χ0n) is 9.08. The Labute approximate surface area is 96.9 Å². The molecule has 90 valence electrons. The van der Waals surface area contributed by atoms with E-state index in [2.05, 4.69) is 0 Å². The van der Waals surface area contributed by atoms with Gasteiger partial charge in [0.25, 0.3) is 0 Å². The number of halogens is 3. The molecule has 1 aromatic rings. The molecule has 2 nitrogen and oxygen atoms in total. The van der Waals surface area contributed by atoms with E-state index in [0.29, 0.717) is 5.56 Å². The molecular formula is C12H10F3NO. The average molecular weight is 241 g/mol. The van der Waals surface area contributed by atoms with E-state index in [1.807, 2.05) is 6.07 Å². The summed E-state index contributed by atoms with van der Waals surface area (Å²) in [6, 6.07) is 5.49. The molecule has 0 N–H and O–H groups in total. The first-order valence-corrected chi connectivity index (χ1v) is 4.77. The van der Waals surface area contributed by atoms with Crippen LogP contribution in [0.4, 0.5) is 13.2 Å². The van der Waals surface area contributed by atoms with Gasteiger partial charge in [0.1, 0.15) is 5.75 Å². The zero-order chi connectivity index (χ0) is 12.9. The van der Waals surface area contributed by atoms with Crippen molar-refractivity contribution in [3.8, 4) is 11.8 Å². The van der Waals surface area contributed by atoms with Gasteiger partial charge in [-0.05, 0) is 17.7 Å². The number of hydrogen-bond acceptors (Lipinski definition) is 2. The van der Waals surface area contributed by atoms with E-state index in [1.165, 1.54) is 19.2 Å². The first kappa shape index (κ1) is 13.1. The largest absolute Gasteiger partial charge is 0.496 e. The predicted molar refractivity (Wildman–Crippen MR) is 57.3 cm³/mol. The molecule has 0 aliphatic carbocycles. The molecule has 0 bridgehead atoms. The lowest BCUT2D eigenvalue weighted by atomic mass is 10.1. The summed E-state index contributed by atoms with van der Waals surface area (Å²) in [5.74, 6) is -0.225. The van der Waals surface area contributed by atoms with Crippen LogP contribution >= 0.6 is 0 Å². The maximum Gasteiger partial charge on any atom is 0.419 e. The smallest absolute Gasteiger partial charge is 0.419 e. The van der Waals surface area contributed by atoms with E-state index in [-0.39, 0.29) is 12.2 Å². The second kappa shape index (κ2) is 5.39. The highest BCUT2D eigenvalue weighted by molar-refractivity contribution is 5.54. The zero-order valence-corrected chi connectivity index (χ0v) is 9.08. The van der Waals surface area contributed by atoms with Crippen molar-refractivity contribution in [2.75, 3.05) is 7.11 Å². The van der Waals surface area contributed by atoms with E-state index in [4.69, 9.17) is 10.00 Å². The molecule has 0 spiro atoms. The number of rotatable bonds is 3. The standard InChI is InChI=1S/C12H10F3NO/c1-17-11-8-9(4-2-3-7-16)5-6-10(11)12(13,14)15/h2,4-6,8H,3H2,1H3. The van der Waals surface area contributed by atoms with Crippen LogP contribution in [0.3, 0.4) is 0 Å². The maximum atomic E-state index is 12.5. The van der Waals surface area contributed by atoms with Gasteiger partial charge in [0.15, 0.2) is 0 Å². The third-order valence-electron chi connectivity index (χ3n) is 2.05. The van der Waals surface area contributed by atoms with E-state index in [0.717, 1.165) is 6.07 Å². The molecule has 0 atom stereocenters. The Bertz CT molecular complexity index is 458. The summed E-state index contributed by atoms with van der Waals surface area (Å²) in [5, 5.41) is 8.32. The topological polar surface area (TPSA) is 33.0 Å². The summed E-state index contributed by atoms with van der Waals surface area (Å²) in [7, 11) is 1.19. The van der Waals surface area contributed by atoms with Gasteiger partial charge in [0.05, 0.1) is 25.2 Å². The molecule has 0 aromatic heterocycles. The van der Waals surface area contributed by atoms with Crippen molar-refractivity contribution in [2.24, 2.45) is 0 Å². The molecule has 5 heteroatoms. The number of ether oxygens (including phenoxy) is 1. The lowest BCUT2D eigenvalue weighted by Gasteiger charge is -2.12. The Morgan fingerprint density at radius 3 is 2.65 bits per heavy atom. The van der Waals surface area contributed by atoms with Crippen LogP contribution in [0.2, 0.25) is 0 Å². The minimum absolute atomic E-state index is 0.212. The van der Waals surface area contributed by atoms with Crippen LogP contribution in [-0.2, 0) is 6.18 Å². The van der Waals surface area contributed by atoms with Crippen molar-refractivity contribution in [1.29, 1.82) is 5.26 Å². The highest BCUT2D eigenvalue weighted by Crippen LogP contribution is 2.36. The second-order valence-corrected chi connectivity index (χ2v) is 3.22. The monoisotopic (exact) mass is 241 g/mol. The molecule has 1 aromatic carbocycles. The van der Waals surface area contributed by atoms with Gasteiger partial charge in [-0.2, -0.15) is 18.4 Å². The molecule has 0 amide bonds. The van der Waals surface area contributed by atoms with Crippen LogP contribution in [0.25, 0.3) is 6.08 Å². The van der Waals surface area contributed by atoms with Gasteiger partial charge in [0.2, 0.25) is 0 Å². The van der Waals surface area contributed by atoms with Gasteiger partial charge in [0, 0.05) is 0 Å². The SMILES string of the molecule is COc1cc(C=CCC#N)ccc1C(F)(F)F. The lowest BCUT2D eigenvalue weighted by molar-refractivity contribution is -0.138. The quantitative estimate of drug-likeness (QED) is 0.809. The van der Waals surface area contributed by atoms with Crippen LogP contribution in [-0.4, -0.2) is 7.11 Å². The van der Waals surface area contributed by atoms with E-state index in [9.17, 15) is 13.2 Å². The summed E-state index contributed by atoms with van der Waals surface area (Å²) in [6.07, 6.45) is -1.07. The van der Waals surface area contributed by atoms with Gasteiger partial charge in [-0.15, -0.1) is 0 Å². The van der Waals surface area contributed by atoms with Crippen molar-refractivity contribution >= 4 is 6.08 Å². The summed E-state index contributed by atoms with van der Waals surface area (Å²) in [4.78, 5) is 0. The fourth-order valence-electron chi connectivity index (χ4n) is 1.29. The number of nitrogens with zero attached hydrogens (tertiary/aromatic N) is 1. The van der Waals surface area contributed by atoms with Crippen LogP contribution in [0.1, 0.15) is 17.5 Å². The molecule has 1 rings (SSSR count). The molecule has 0 radical (unpaired) electrons. The van der Waals surface area contributed by atoms with Gasteiger partial charge < -0.3 is 4.74 Å². The summed E-state index contributed by atoms with van der Waals surface area (Å²) < 4.78 is 42.3. The van der Waals surface area contributed by atoms with Crippen molar-refractivity contribution in [3.63, 3.8) is 0 Å². The van der Waals surface area contributed by atoms with Crippen molar-refractivity contribution in [2.45, 2.75) is 12.6 Å². The minimum Gasteiger partial charge on any atom is -0.496 e. The summed E-state index contributed by atoms with van der Waals surface area (Å²) in [6.45, 7) is 0. The fourth-order valence-corrected chi connectivity index (χ4v) is 1.29. The van der Waals surface area contributed by atoms with Crippen LogP contribution < -0.4 is 4.74 Å². The van der Waals surface area contributed by atoms with Crippen molar-refractivity contribution in [3.05, 3.63) is 35.4 Å². The molecule has 0 saturated heterocycles. The van der Waals surface area contributed by atoms with Gasteiger partial charge in [-0.3, -0.25) is 0 Å². The highest BCUT2D eigenvalue weighted by Gasteiger charge is 2.34. The Morgan fingerprint density at radius 2 is 2.12 bits per heavy atom. The Kier molecular flexibility index (Phi) is 4.16. The predicted octanol–water partition coefficient (Wildman–Crippen LogP) is 3.64. The second-order valence-electron chi connectivity index (χ2n) is 3.22. The van der Waals surface area contributed by atoms with Crippen LogP contribution in [0, 0.1) is 11.3 Å². The van der Waals surface area contributed by atoms with Crippen molar-refractivity contribution < 1.29 is 17.9 Å². The molecule has 0 saturated carbocycles. The number of methoxy groups -OCH3 is 1. The van der Waals surface area contributed by atoms with E-state index in [1.54, 1.807) is 12.2 Å². The molecule has 0 heterocycles. The molecule has 0 fully saturated rings. The number of benzene rings is 1. The van der Waals surface area contributed by atoms with E-state index < -0.39 is 11.7 Å². The molecule has 0 unspecified atom stereocenters. The molecular weight excluding hydrogens is 231 g/mol. The number of hydrogen-bond donors (Lipinski definition) is 0. The third kappa shape index (κ3) is 3.52. The summed E-state index contributed by atoms with van der Waals surface area (Å²) in [5.41, 5.74) is -0.248. The Balaban J connectivity index is 3.06. The maximum absolute atomic E-state index is 12.5. The Hall–Kier alpha value is -1.96. The normalized spacial score (nSPS) is 11.5. The number of allylic oxidation sites excluding steroid dienone is 1. The van der Waals surface area contributed by atoms with Crippen LogP contribution in [0.15, 0.2) is 24.3 Å². The fraction of sp³-hybridized carbons (Fsp3) is 0.250. The van der Waals surface area contributed by atoms with Crippen molar-refractivity contribution in [1.82, 2.24) is 0 Å². The highest BCUT2D eigenvalue weighted by atomic mass is 19.4. The first-order chi connectivity index (χ1) is 7.99. The molecule has 0 aliphatic heterocycles. The first-order valence-electron chi connectivity index (χ1n) is 4.77. The molecule has 17 heavy (non-hydrogen) atoms. The number of alkyl halides is 3. The van der Waals surface area contributed by atoms with Gasteiger partial charge in [-0.1, -0.05) is 18.2 Å². The Morgan fingerprint density at radius 1 is 1.41 bits per heavy atom. The third-order valence-corrected chi connectivity index (χ3v) is 2.05. The summed E-state index contributed by atoms with van der Waals surface area (Å²) >= 11 is 0. The number of nitriles is 1.